The number of amides is 2. The number of hydrogen-bond acceptors (Lipinski definition) is 4. The number of halogens is 1. The number of nitrogens with zero attached hydrogens (tertiary/aromatic N) is 2. The largest absolute Gasteiger partial charge is 0.456 e. The Labute approximate surface area is 140 Å². The maximum atomic E-state index is 13.6. The van der Waals surface area contributed by atoms with Crippen molar-refractivity contribution in [2.45, 2.75) is 32.8 Å². The molecule has 3 heterocycles. The Hall–Kier alpha value is -2.05. The number of rotatable bonds is 1. The number of fused-ring (bicyclic) bond motifs is 2. The molecule has 2 amide bonds. The third-order valence-corrected chi connectivity index (χ3v) is 4.33. The van der Waals surface area contributed by atoms with E-state index in [1.165, 1.54) is 6.26 Å². The van der Waals surface area contributed by atoms with Crippen LogP contribution in [0.1, 0.15) is 37.7 Å². The van der Waals surface area contributed by atoms with E-state index in [0.717, 1.165) is 12.5 Å². The molecule has 1 aromatic rings. The van der Waals surface area contributed by atoms with E-state index in [1.807, 2.05) is 20.8 Å². The minimum atomic E-state index is -0.633. The summed E-state index contributed by atoms with van der Waals surface area (Å²) in [7, 11) is 0. The van der Waals surface area contributed by atoms with Crippen molar-refractivity contribution in [1.29, 1.82) is 0 Å². The minimum Gasteiger partial charge on any atom is -0.456 e. The molecule has 24 heavy (non-hydrogen) atoms. The van der Waals surface area contributed by atoms with Crippen molar-refractivity contribution in [2.75, 3.05) is 26.2 Å². The summed E-state index contributed by atoms with van der Waals surface area (Å²) >= 11 is 0. The zero-order valence-corrected chi connectivity index (χ0v) is 14.3. The molecule has 7 heteroatoms. The Balaban J connectivity index is 1.64. The number of carbonyl (C=O) groups excluding carboxylic acids is 2. The normalized spacial score (nSPS) is 24.0. The second kappa shape index (κ2) is 6.11. The van der Waals surface area contributed by atoms with Crippen molar-refractivity contribution in [1.82, 2.24) is 9.80 Å². The van der Waals surface area contributed by atoms with Crippen molar-refractivity contribution in [2.24, 2.45) is 11.8 Å². The van der Waals surface area contributed by atoms with E-state index in [4.69, 9.17) is 9.15 Å². The molecule has 6 nitrogen and oxygen atoms in total. The van der Waals surface area contributed by atoms with Crippen LogP contribution in [0.4, 0.5) is 9.18 Å². The number of likely N-dealkylation sites (tertiary alicyclic amines) is 2. The molecule has 0 aromatic carbocycles. The average molecular weight is 338 g/mol. The Morgan fingerprint density at radius 2 is 1.75 bits per heavy atom. The number of carbonyl (C=O) groups is 2. The van der Waals surface area contributed by atoms with Crippen LogP contribution >= 0.6 is 0 Å². The van der Waals surface area contributed by atoms with Gasteiger partial charge in [-0.3, -0.25) is 4.79 Å². The summed E-state index contributed by atoms with van der Waals surface area (Å²) in [5, 5.41) is 0. The summed E-state index contributed by atoms with van der Waals surface area (Å²) in [5.41, 5.74) is -0.525. The molecular formula is C17H23FN2O4. The monoisotopic (exact) mass is 338 g/mol. The van der Waals surface area contributed by atoms with E-state index in [9.17, 15) is 14.0 Å². The van der Waals surface area contributed by atoms with Gasteiger partial charge in [0.1, 0.15) is 5.60 Å². The Kier molecular flexibility index (Phi) is 4.27. The Morgan fingerprint density at radius 1 is 1.17 bits per heavy atom. The molecule has 132 valence electrons. The van der Waals surface area contributed by atoms with E-state index in [0.29, 0.717) is 26.2 Å². The second-order valence-electron chi connectivity index (χ2n) is 7.66. The van der Waals surface area contributed by atoms with E-state index in [1.54, 1.807) is 9.80 Å². The van der Waals surface area contributed by atoms with Crippen molar-refractivity contribution in [3.05, 3.63) is 23.9 Å². The van der Waals surface area contributed by atoms with Gasteiger partial charge >= 0.3 is 6.09 Å². The van der Waals surface area contributed by atoms with Gasteiger partial charge in [0.05, 0.1) is 6.26 Å². The van der Waals surface area contributed by atoms with Gasteiger partial charge in [-0.1, -0.05) is 0 Å². The molecule has 2 saturated heterocycles. The summed E-state index contributed by atoms with van der Waals surface area (Å²) in [6, 6.07) is 1.14. The molecule has 2 fully saturated rings. The lowest BCUT2D eigenvalue weighted by Gasteiger charge is -2.45. The highest BCUT2D eigenvalue weighted by Gasteiger charge is 2.39. The highest BCUT2D eigenvalue weighted by atomic mass is 19.1. The van der Waals surface area contributed by atoms with Gasteiger partial charge in [0.15, 0.2) is 5.82 Å². The smallest absolute Gasteiger partial charge is 0.410 e. The fraction of sp³-hybridized carbons (Fsp3) is 0.647. The molecule has 2 bridgehead atoms. The fourth-order valence-electron chi connectivity index (χ4n) is 3.51. The molecule has 2 aliphatic heterocycles. The van der Waals surface area contributed by atoms with Crippen molar-refractivity contribution in [3.63, 3.8) is 0 Å². The average Bonchev–Trinajstić information content (AvgIpc) is 2.89. The predicted octanol–water partition coefficient (Wildman–Crippen LogP) is 2.75. The molecule has 0 spiro atoms. The standard InChI is InChI=1S/C17H23FN2O4/c1-17(2,3)24-16(22)20-9-11-6-12(10-20)8-19(7-11)15(21)14-13(18)4-5-23-14/h4-5,11-12H,6-10H2,1-3H3/t11-,12+. The molecule has 0 aliphatic carbocycles. The van der Waals surface area contributed by atoms with Gasteiger partial charge in [-0.05, 0) is 39.0 Å². The van der Waals surface area contributed by atoms with E-state index in [-0.39, 0.29) is 23.7 Å². The van der Waals surface area contributed by atoms with Crippen LogP contribution in [0.2, 0.25) is 0 Å². The van der Waals surface area contributed by atoms with Gasteiger partial charge in [0.25, 0.3) is 5.91 Å². The van der Waals surface area contributed by atoms with Gasteiger partial charge in [0, 0.05) is 32.2 Å². The van der Waals surface area contributed by atoms with Gasteiger partial charge in [0.2, 0.25) is 5.76 Å². The molecule has 0 radical (unpaired) electrons. The van der Waals surface area contributed by atoms with Crippen LogP contribution < -0.4 is 0 Å². The SMILES string of the molecule is CC(C)(C)OC(=O)N1C[C@H]2C[C@@H](C1)CN(C(=O)c1occc1F)C2. The molecule has 0 unspecified atom stereocenters. The molecule has 2 atom stereocenters. The zero-order chi connectivity index (χ0) is 17.5. The van der Waals surface area contributed by atoms with Crippen LogP contribution in [0.25, 0.3) is 0 Å². The first-order chi connectivity index (χ1) is 11.2. The van der Waals surface area contributed by atoms with Gasteiger partial charge < -0.3 is 19.0 Å². The molecular weight excluding hydrogens is 315 g/mol. The minimum absolute atomic E-state index is 0.173. The molecule has 3 rings (SSSR count). The number of ether oxygens (including phenoxy) is 1. The highest BCUT2D eigenvalue weighted by molar-refractivity contribution is 5.91. The summed E-state index contributed by atoms with van der Waals surface area (Å²) in [5.74, 6) is -0.943. The van der Waals surface area contributed by atoms with Crippen LogP contribution in [0, 0.1) is 17.7 Å². The first-order valence-electron chi connectivity index (χ1n) is 8.23. The van der Waals surface area contributed by atoms with Gasteiger partial charge in [-0.15, -0.1) is 0 Å². The lowest BCUT2D eigenvalue weighted by Crippen LogP contribution is -2.55. The number of hydrogen-bond donors (Lipinski definition) is 0. The van der Waals surface area contributed by atoms with Crippen LogP contribution in [0.5, 0.6) is 0 Å². The highest BCUT2D eigenvalue weighted by Crippen LogP contribution is 2.30. The van der Waals surface area contributed by atoms with Gasteiger partial charge in [-0.25, -0.2) is 9.18 Å². The van der Waals surface area contributed by atoms with Crippen molar-refractivity contribution >= 4 is 12.0 Å². The summed E-state index contributed by atoms with van der Waals surface area (Å²) < 4.78 is 24.0. The maximum Gasteiger partial charge on any atom is 0.410 e. The van der Waals surface area contributed by atoms with Crippen LogP contribution in [0.15, 0.2) is 16.7 Å². The van der Waals surface area contributed by atoms with Crippen LogP contribution in [0.3, 0.4) is 0 Å². The maximum absolute atomic E-state index is 13.6. The first-order valence-corrected chi connectivity index (χ1v) is 8.23. The lowest BCUT2D eigenvalue weighted by molar-refractivity contribution is -0.00771. The summed E-state index contributed by atoms with van der Waals surface area (Å²) in [4.78, 5) is 28.0. The van der Waals surface area contributed by atoms with Crippen molar-refractivity contribution in [3.8, 4) is 0 Å². The fourth-order valence-corrected chi connectivity index (χ4v) is 3.51. The van der Waals surface area contributed by atoms with E-state index < -0.39 is 17.3 Å². The quantitative estimate of drug-likeness (QED) is 0.790. The second-order valence-corrected chi connectivity index (χ2v) is 7.66. The Bertz CT molecular complexity index is 623. The van der Waals surface area contributed by atoms with E-state index in [2.05, 4.69) is 0 Å². The summed E-state index contributed by atoms with van der Waals surface area (Å²) in [6.45, 7) is 7.62. The molecule has 1 aromatic heterocycles. The van der Waals surface area contributed by atoms with Crippen LogP contribution in [-0.2, 0) is 4.74 Å². The number of piperidine rings is 2. The topological polar surface area (TPSA) is 63.0 Å². The zero-order valence-electron chi connectivity index (χ0n) is 14.3. The number of furan rings is 1. The van der Waals surface area contributed by atoms with Crippen LogP contribution in [-0.4, -0.2) is 53.6 Å². The molecule has 0 N–H and O–H groups in total. The third kappa shape index (κ3) is 3.55. The molecule has 0 saturated carbocycles. The Morgan fingerprint density at radius 3 is 2.25 bits per heavy atom. The molecule has 2 aliphatic rings. The first kappa shape index (κ1) is 16.8. The summed E-state index contributed by atoms with van der Waals surface area (Å²) in [6.07, 6.45) is 1.83. The lowest BCUT2D eigenvalue weighted by atomic mass is 9.84. The van der Waals surface area contributed by atoms with Gasteiger partial charge in [-0.2, -0.15) is 0 Å². The van der Waals surface area contributed by atoms with Crippen molar-refractivity contribution < 1.29 is 23.1 Å². The predicted molar refractivity (Wildman–Crippen MR) is 84.0 cm³/mol. The third-order valence-electron chi connectivity index (χ3n) is 4.33. The van der Waals surface area contributed by atoms with E-state index >= 15 is 0 Å².